The van der Waals surface area contributed by atoms with Crippen molar-refractivity contribution in [3.05, 3.63) is 253 Å². The summed E-state index contributed by atoms with van der Waals surface area (Å²) in [5, 5.41) is 7.76. The van der Waals surface area contributed by atoms with Crippen LogP contribution in [0.3, 0.4) is 0 Å². The SMILES string of the molecule is CC(C)(C)c1ccc(-c2cc(-c3ccc(C(C)(C)C)cc3)c3c4ccc5c6c4n(c3c2)-c2ccccc2B6n2c3c-5cccc3c3c2c2cccc4c2n3B2c3ccccc3-n3c5cc(-c6ccc(C(C)(C)C)cc6)cc(-c6ccc(C(C)(C)C)cc6)c5c5ccc-4c2c53)cc1. The number of hydrogen-bond acceptors (Lipinski definition) is 0. The molecule has 0 aliphatic carbocycles. The van der Waals surface area contributed by atoms with Crippen molar-refractivity contribution in [3.63, 3.8) is 0 Å². The van der Waals surface area contributed by atoms with Gasteiger partial charge in [-0.15, -0.1) is 0 Å². The van der Waals surface area contributed by atoms with Crippen molar-refractivity contribution in [2.45, 2.75) is 105 Å². The molecule has 0 unspecified atom stereocenters. The highest BCUT2D eigenvalue weighted by Gasteiger charge is 2.47. The first kappa shape index (κ1) is 56.1. The van der Waals surface area contributed by atoms with Gasteiger partial charge in [0, 0.05) is 65.9 Å². The Labute approximate surface area is 562 Å². The number of benzene rings is 12. The van der Waals surface area contributed by atoms with Gasteiger partial charge in [0.2, 0.25) is 0 Å². The second kappa shape index (κ2) is 18.8. The molecular weight excluding hydrogens is 1160 g/mol. The average Bonchev–Trinajstić information content (AvgIpc) is 1.48. The van der Waals surface area contributed by atoms with Gasteiger partial charge in [0.15, 0.2) is 0 Å². The summed E-state index contributed by atoms with van der Waals surface area (Å²) in [5.41, 5.74) is 38.8. The van der Waals surface area contributed by atoms with Gasteiger partial charge in [0.05, 0.1) is 33.1 Å². The molecule has 20 rings (SSSR count). The van der Waals surface area contributed by atoms with Crippen LogP contribution in [-0.4, -0.2) is 31.8 Å². The van der Waals surface area contributed by atoms with Gasteiger partial charge in [-0.2, -0.15) is 0 Å². The maximum absolute atomic E-state index is 2.82. The Morgan fingerprint density at radius 3 is 0.948 bits per heavy atom. The number of rotatable bonds is 4. The highest BCUT2D eigenvalue weighted by molar-refractivity contribution is 6.92. The largest absolute Gasteiger partial charge is 0.374 e. The molecule has 0 bridgehead atoms. The Balaban J connectivity index is 0.860. The molecule has 4 nitrogen and oxygen atoms in total. The van der Waals surface area contributed by atoms with Gasteiger partial charge in [-0.25, -0.2) is 0 Å². The normalized spacial score (nSPS) is 13.8. The fraction of sp³-hybridized carbons (Fsp3) is 0.178. The fourth-order valence-corrected chi connectivity index (χ4v) is 18.0. The third-order valence-electron chi connectivity index (χ3n) is 22.8. The van der Waals surface area contributed by atoms with E-state index in [1.54, 1.807) is 0 Å². The van der Waals surface area contributed by atoms with Crippen LogP contribution in [0.4, 0.5) is 0 Å². The van der Waals surface area contributed by atoms with Gasteiger partial charge in [0.25, 0.3) is 0 Å². The van der Waals surface area contributed by atoms with Crippen molar-refractivity contribution < 1.29 is 0 Å². The standard InChI is InChI=1S/C90H74B2N4/c1-87(2,3)57-35-27-51(28-36-57)55-47-69(53-31-39-59(40-32-53)89(7,8)9)77-65-45-43-61-63-19-17-21-67-81(63)95(91-71-23-13-15-25-73(71)93(75(77)49-55)83(65)79(61)91)85-68-22-18-20-64-62-44-46-66-78-70(54-33-41-60(42-34-54)90(10,11)12)48-56(52-29-37-58(38-30-52)88(4,5)6)50-76(78)94-74-26-16-14-24-72(74)92(80(62)84(66)94)96(82(64)68)86(67)85/h13-50H,1-12H3. The van der Waals surface area contributed by atoms with E-state index in [1.807, 2.05) is 0 Å². The van der Waals surface area contributed by atoms with E-state index < -0.39 is 0 Å². The highest BCUT2D eigenvalue weighted by Crippen LogP contribution is 2.52. The van der Waals surface area contributed by atoms with Crippen LogP contribution in [0.15, 0.2) is 231 Å². The van der Waals surface area contributed by atoms with E-state index in [2.05, 4.69) is 332 Å². The Bertz CT molecular complexity index is 5750. The molecule has 8 heterocycles. The lowest BCUT2D eigenvalue weighted by atomic mass is 9.45. The second-order valence-corrected chi connectivity index (χ2v) is 32.4. The summed E-state index contributed by atoms with van der Waals surface area (Å²) < 4.78 is 11.0. The molecule has 0 radical (unpaired) electrons. The van der Waals surface area contributed by atoms with Crippen LogP contribution < -0.4 is 21.9 Å². The summed E-state index contributed by atoms with van der Waals surface area (Å²) in [5.74, 6) is 0. The molecule has 12 aromatic carbocycles. The molecule has 0 N–H and O–H groups in total. The lowest BCUT2D eigenvalue weighted by Gasteiger charge is -2.34. The number of aromatic nitrogens is 4. The minimum absolute atomic E-state index is 0.0307. The molecule has 16 aromatic rings. The van der Waals surface area contributed by atoms with Crippen molar-refractivity contribution >= 4 is 112 Å². The Hall–Kier alpha value is -10.3. The molecule has 0 amide bonds. The van der Waals surface area contributed by atoms with Crippen LogP contribution in [-0.2, 0) is 21.7 Å². The number of para-hydroxylation sites is 4. The van der Waals surface area contributed by atoms with Crippen molar-refractivity contribution in [1.82, 2.24) is 18.1 Å². The Morgan fingerprint density at radius 2 is 0.594 bits per heavy atom. The predicted molar refractivity (Wildman–Crippen MR) is 412 cm³/mol. The molecule has 0 saturated carbocycles. The number of nitrogens with zero attached hydrogens (tertiary/aromatic N) is 4. The summed E-state index contributed by atoms with van der Waals surface area (Å²) in [4.78, 5) is 0. The third-order valence-corrected chi connectivity index (χ3v) is 22.8. The average molecular weight is 1230 g/mol. The molecule has 96 heavy (non-hydrogen) atoms. The van der Waals surface area contributed by atoms with Crippen LogP contribution in [0.2, 0.25) is 0 Å². The molecular formula is C90H74B2N4. The maximum Gasteiger partial charge on any atom is 0.333 e. The highest BCUT2D eigenvalue weighted by atomic mass is 15.1. The number of hydrogen-bond donors (Lipinski definition) is 0. The minimum Gasteiger partial charge on any atom is -0.374 e. The molecule has 0 fully saturated rings. The van der Waals surface area contributed by atoms with Crippen molar-refractivity contribution in [2.75, 3.05) is 0 Å². The molecule has 0 saturated heterocycles. The fourth-order valence-electron chi connectivity index (χ4n) is 18.0. The summed E-state index contributed by atoms with van der Waals surface area (Å²) in [6.45, 7) is 27.5. The first-order chi connectivity index (χ1) is 46.2. The van der Waals surface area contributed by atoms with Crippen molar-refractivity contribution in [2.24, 2.45) is 0 Å². The summed E-state index contributed by atoms with van der Waals surface area (Å²) in [7, 11) is 0. The molecule has 0 atom stereocenters. The quantitative estimate of drug-likeness (QED) is 0.157. The first-order valence-electron chi connectivity index (χ1n) is 34.7. The van der Waals surface area contributed by atoms with E-state index in [-0.39, 0.29) is 35.4 Å². The molecule has 6 heteroatoms. The van der Waals surface area contributed by atoms with Crippen molar-refractivity contribution in [3.8, 4) is 78.1 Å². The predicted octanol–water partition coefficient (Wildman–Crippen LogP) is 20.7. The van der Waals surface area contributed by atoms with Crippen molar-refractivity contribution in [1.29, 1.82) is 0 Å². The minimum atomic E-state index is -0.112. The number of fused-ring (bicyclic) bond motifs is 21. The molecule has 4 aliphatic rings. The van der Waals surface area contributed by atoms with Gasteiger partial charge in [0.1, 0.15) is 0 Å². The summed E-state index contributed by atoms with van der Waals surface area (Å²) in [6.07, 6.45) is 0. The maximum atomic E-state index is 2.82. The molecule has 4 aliphatic heterocycles. The second-order valence-electron chi connectivity index (χ2n) is 32.4. The zero-order chi connectivity index (χ0) is 65.1. The molecule has 460 valence electrons. The monoisotopic (exact) mass is 1230 g/mol. The topological polar surface area (TPSA) is 19.7 Å². The first-order valence-corrected chi connectivity index (χ1v) is 34.7. The van der Waals surface area contributed by atoms with Gasteiger partial charge >= 0.3 is 13.7 Å². The van der Waals surface area contributed by atoms with E-state index in [9.17, 15) is 0 Å². The van der Waals surface area contributed by atoms with Crippen LogP contribution in [0, 0.1) is 0 Å². The van der Waals surface area contributed by atoms with Crippen LogP contribution in [0.1, 0.15) is 105 Å². The van der Waals surface area contributed by atoms with E-state index in [1.165, 1.54) is 199 Å². The van der Waals surface area contributed by atoms with Gasteiger partial charge in [-0.1, -0.05) is 277 Å². The Morgan fingerprint density at radius 1 is 0.250 bits per heavy atom. The van der Waals surface area contributed by atoms with E-state index >= 15 is 0 Å². The van der Waals surface area contributed by atoms with Crippen LogP contribution in [0.5, 0.6) is 0 Å². The van der Waals surface area contributed by atoms with Gasteiger partial charge in [-0.3, -0.25) is 0 Å². The summed E-state index contributed by atoms with van der Waals surface area (Å²) >= 11 is 0. The van der Waals surface area contributed by atoms with Gasteiger partial charge in [-0.05, 0) is 158 Å². The lowest BCUT2D eigenvalue weighted by molar-refractivity contribution is 0.590. The third kappa shape index (κ3) is 7.43. The summed E-state index contributed by atoms with van der Waals surface area (Å²) in [6, 6.07) is 90.7. The van der Waals surface area contributed by atoms with E-state index in [0.717, 1.165) is 0 Å². The van der Waals surface area contributed by atoms with Gasteiger partial charge < -0.3 is 18.1 Å². The molecule has 4 aromatic heterocycles. The van der Waals surface area contributed by atoms with Crippen LogP contribution in [0.25, 0.3) is 155 Å². The smallest absolute Gasteiger partial charge is 0.333 e. The molecule has 0 spiro atoms. The lowest BCUT2D eigenvalue weighted by Crippen LogP contribution is -2.55. The Kier molecular flexibility index (Phi) is 11.0. The van der Waals surface area contributed by atoms with Crippen LogP contribution >= 0.6 is 0 Å². The zero-order valence-corrected chi connectivity index (χ0v) is 56.9. The zero-order valence-electron chi connectivity index (χ0n) is 56.9. The van der Waals surface area contributed by atoms with E-state index in [4.69, 9.17) is 0 Å². The van der Waals surface area contributed by atoms with E-state index in [0.29, 0.717) is 0 Å².